The summed E-state index contributed by atoms with van der Waals surface area (Å²) >= 11 is 12.6. The van der Waals surface area contributed by atoms with E-state index in [4.69, 9.17) is 32.7 Å². The number of nitrogens with one attached hydrogen (secondary N) is 2. The van der Waals surface area contributed by atoms with Crippen LogP contribution in [-0.4, -0.2) is 27.8 Å². The lowest BCUT2D eigenvalue weighted by atomic mass is 9.94. The molecule has 2 heterocycles. The van der Waals surface area contributed by atoms with Crippen LogP contribution in [0.3, 0.4) is 0 Å². The summed E-state index contributed by atoms with van der Waals surface area (Å²) in [6.45, 7) is 2.42. The number of ether oxygens (including phenoxy) is 2. The van der Waals surface area contributed by atoms with Gasteiger partial charge >= 0.3 is 0 Å². The standard InChI is InChI=1S/C28H25Cl2N5O3/c1-17-25(27(36)31-14-18-7-4-3-5-8-18)26(35-28(34-17)32-16-33-35)19-11-12-23(24(13-19)37-2)38-15-20-21(29)9-6-10-22(20)30/h3-13,16,26H,14-15H2,1-2H3,(H,31,36)(H,32,33,34)/t26-/m1/s1. The van der Waals surface area contributed by atoms with Gasteiger partial charge in [-0.3, -0.25) is 4.79 Å². The molecule has 5 rings (SSSR count). The van der Waals surface area contributed by atoms with E-state index in [-0.39, 0.29) is 12.5 Å². The second-order valence-corrected chi connectivity index (χ2v) is 9.48. The molecule has 10 heteroatoms. The van der Waals surface area contributed by atoms with Crippen LogP contribution in [-0.2, 0) is 17.9 Å². The number of allylic oxidation sites excluding steroid dienone is 1. The van der Waals surface area contributed by atoms with Crippen molar-refractivity contribution in [1.29, 1.82) is 0 Å². The quantitative estimate of drug-likeness (QED) is 0.289. The van der Waals surface area contributed by atoms with Gasteiger partial charge in [0, 0.05) is 27.9 Å². The lowest BCUT2D eigenvalue weighted by Crippen LogP contribution is -2.34. The van der Waals surface area contributed by atoms with Crippen molar-refractivity contribution in [2.45, 2.75) is 26.1 Å². The molecule has 3 aromatic carbocycles. The fraction of sp³-hybridized carbons (Fsp3) is 0.179. The second-order valence-electron chi connectivity index (χ2n) is 8.66. The van der Waals surface area contributed by atoms with Crippen LogP contribution in [0.4, 0.5) is 5.95 Å². The molecule has 0 radical (unpaired) electrons. The molecule has 0 unspecified atom stereocenters. The molecule has 0 aliphatic carbocycles. The van der Waals surface area contributed by atoms with Crippen molar-refractivity contribution in [3.63, 3.8) is 0 Å². The Bertz CT molecular complexity index is 1480. The van der Waals surface area contributed by atoms with Gasteiger partial charge in [-0.1, -0.05) is 65.7 Å². The third-order valence-corrected chi connectivity index (χ3v) is 6.98. The number of methoxy groups -OCH3 is 1. The van der Waals surface area contributed by atoms with Crippen molar-refractivity contribution < 1.29 is 14.3 Å². The molecule has 8 nitrogen and oxygen atoms in total. The molecule has 194 valence electrons. The van der Waals surface area contributed by atoms with Gasteiger partial charge in [-0.25, -0.2) is 4.68 Å². The molecule has 0 saturated heterocycles. The molecule has 1 aliphatic heterocycles. The van der Waals surface area contributed by atoms with Crippen LogP contribution in [0.1, 0.15) is 29.7 Å². The van der Waals surface area contributed by atoms with Crippen LogP contribution >= 0.6 is 23.2 Å². The molecule has 4 aromatic rings. The lowest BCUT2D eigenvalue weighted by Gasteiger charge is -2.29. The first-order valence-electron chi connectivity index (χ1n) is 11.9. The highest BCUT2D eigenvalue weighted by Crippen LogP contribution is 2.39. The number of carbonyl (C=O) groups is 1. The zero-order valence-corrected chi connectivity index (χ0v) is 22.3. The predicted octanol–water partition coefficient (Wildman–Crippen LogP) is 5.78. The van der Waals surface area contributed by atoms with Crippen molar-refractivity contribution in [3.05, 3.63) is 111 Å². The van der Waals surface area contributed by atoms with Gasteiger partial charge in [-0.15, -0.1) is 0 Å². The van der Waals surface area contributed by atoms with Gasteiger partial charge in [0.25, 0.3) is 5.91 Å². The Balaban J connectivity index is 1.44. The Kier molecular flexibility index (Phi) is 7.53. The topological polar surface area (TPSA) is 90.3 Å². The number of carbonyl (C=O) groups excluding carboxylic acids is 1. The highest BCUT2D eigenvalue weighted by atomic mass is 35.5. The summed E-state index contributed by atoms with van der Waals surface area (Å²) in [7, 11) is 1.56. The molecular weight excluding hydrogens is 525 g/mol. The van der Waals surface area contributed by atoms with E-state index >= 15 is 0 Å². The van der Waals surface area contributed by atoms with Crippen LogP contribution < -0.4 is 20.1 Å². The Morgan fingerprint density at radius 1 is 1.05 bits per heavy atom. The summed E-state index contributed by atoms with van der Waals surface area (Å²) in [4.78, 5) is 17.8. The number of halogens is 2. The van der Waals surface area contributed by atoms with Gasteiger partial charge < -0.3 is 20.1 Å². The van der Waals surface area contributed by atoms with Gasteiger partial charge in [0.1, 0.15) is 19.0 Å². The van der Waals surface area contributed by atoms with E-state index in [0.29, 0.717) is 50.9 Å². The summed E-state index contributed by atoms with van der Waals surface area (Å²) in [6.07, 6.45) is 1.45. The lowest BCUT2D eigenvalue weighted by molar-refractivity contribution is -0.118. The molecule has 0 bridgehead atoms. The first kappa shape index (κ1) is 25.6. The summed E-state index contributed by atoms with van der Waals surface area (Å²) in [5.41, 5.74) is 3.68. The average molecular weight is 550 g/mol. The molecule has 1 aliphatic rings. The Labute approximate surface area is 230 Å². The molecule has 1 aromatic heterocycles. The van der Waals surface area contributed by atoms with E-state index in [1.807, 2.05) is 49.4 Å². The van der Waals surface area contributed by atoms with Gasteiger partial charge in [-0.05, 0) is 42.3 Å². The number of hydrogen-bond acceptors (Lipinski definition) is 6. The number of hydrogen-bond donors (Lipinski definition) is 2. The first-order chi connectivity index (χ1) is 18.5. The minimum Gasteiger partial charge on any atom is -0.493 e. The number of aromatic nitrogens is 3. The molecular formula is C28H25Cl2N5O3. The van der Waals surface area contributed by atoms with Crippen LogP contribution in [0, 0.1) is 0 Å². The minimum absolute atomic E-state index is 0.168. The molecule has 2 N–H and O–H groups in total. The van der Waals surface area contributed by atoms with Crippen molar-refractivity contribution in [2.24, 2.45) is 0 Å². The van der Waals surface area contributed by atoms with E-state index in [2.05, 4.69) is 20.7 Å². The van der Waals surface area contributed by atoms with Gasteiger partial charge in [0.15, 0.2) is 11.5 Å². The predicted molar refractivity (Wildman–Crippen MR) is 147 cm³/mol. The summed E-state index contributed by atoms with van der Waals surface area (Å²) in [5.74, 6) is 1.33. The maximum atomic E-state index is 13.5. The normalized spacial score (nSPS) is 14.5. The van der Waals surface area contributed by atoms with E-state index in [0.717, 1.165) is 11.1 Å². The van der Waals surface area contributed by atoms with Gasteiger partial charge in [-0.2, -0.15) is 10.1 Å². The van der Waals surface area contributed by atoms with Crippen LogP contribution in [0.5, 0.6) is 11.5 Å². The molecule has 0 saturated carbocycles. The third-order valence-electron chi connectivity index (χ3n) is 6.27. The van der Waals surface area contributed by atoms with Crippen molar-refractivity contribution >= 4 is 35.1 Å². The third kappa shape index (κ3) is 5.18. The smallest absolute Gasteiger partial charge is 0.251 e. The van der Waals surface area contributed by atoms with E-state index in [1.54, 1.807) is 36.1 Å². The number of anilines is 1. The molecule has 1 amide bonds. The first-order valence-corrected chi connectivity index (χ1v) is 12.6. The van der Waals surface area contributed by atoms with E-state index in [9.17, 15) is 4.79 Å². The number of benzene rings is 3. The Morgan fingerprint density at radius 2 is 1.82 bits per heavy atom. The van der Waals surface area contributed by atoms with Crippen molar-refractivity contribution in [2.75, 3.05) is 12.4 Å². The van der Waals surface area contributed by atoms with Crippen molar-refractivity contribution in [3.8, 4) is 11.5 Å². The zero-order valence-electron chi connectivity index (χ0n) is 20.7. The highest BCUT2D eigenvalue weighted by Gasteiger charge is 2.34. The minimum atomic E-state index is -0.537. The van der Waals surface area contributed by atoms with Crippen LogP contribution in [0.25, 0.3) is 0 Å². The number of fused-ring (bicyclic) bond motifs is 1. The number of amides is 1. The summed E-state index contributed by atoms with van der Waals surface area (Å²) < 4.78 is 13.4. The number of rotatable bonds is 8. The average Bonchev–Trinajstić information content (AvgIpc) is 3.39. The van der Waals surface area contributed by atoms with E-state index < -0.39 is 6.04 Å². The van der Waals surface area contributed by atoms with Crippen LogP contribution in [0.2, 0.25) is 10.0 Å². The largest absolute Gasteiger partial charge is 0.493 e. The molecule has 1 atom stereocenters. The number of nitrogens with zero attached hydrogens (tertiary/aromatic N) is 3. The Hall–Kier alpha value is -4.01. The van der Waals surface area contributed by atoms with Gasteiger partial charge in [0.05, 0.1) is 12.7 Å². The van der Waals surface area contributed by atoms with E-state index in [1.165, 1.54) is 6.33 Å². The molecule has 0 spiro atoms. The molecule has 38 heavy (non-hydrogen) atoms. The summed E-state index contributed by atoms with van der Waals surface area (Å²) in [6, 6.07) is 20.0. The summed E-state index contributed by atoms with van der Waals surface area (Å²) in [5, 5.41) is 11.7. The maximum Gasteiger partial charge on any atom is 0.251 e. The molecule has 0 fully saturated rings. The zero-order chi connectivity index (χ0) is 26.6. The SMILES string of the molecule is COc1cc([C@@H]2C(C(=O)NCc3ccccc3)=C(C)Nc3ncnn32)ccc1OCc1c(Cl)cccc1Cl. The fourth-order valence-corrected chi connectivity index (χ4v) is 4.87. The van der Waals surface area contributed by atoms with Crippen LogP contribution in [0.15, 0.2) is 84.3 Å². The fourth-order valence-electron chi connectivity index (χ4n) is 4.36. The Morgan fingerprint density at radius 3 is 2.55 bits per heavy atom. The van der Waals surface area contributed by atoms with Gasteiger partial charge in [0.2, 0.25) is 5.95 Å². The highest BCUT2D eigenvalue weighted by molar-refractivity contribution is 6.35. The van der Waals surface area contributed by atoms with Crippen molar-refractivity contribution in [1.82, 2.24) is 20.1 Å². The maximum absolute atomic E-state index is 13.5. The second kappa shape index (κ2) is 11.2. The monoisotopic (exact) mass is 549 g/mol.